The van der Waals surface area contributed by atoms with Crippen LogP contribution in [0, 0.1) is 11.6 Å². The number of amides is 1. The van der Waals surface area contributed by atoms with Crippen LogP contribution in [0.4, 0.5) is 22.0 Å². The quantitative estimate of drug-likeness (QED) is 0.603. The highest BCUT2D eigenvalue weighted by atomic mass is 19.4. The van der Waals surface area contributed by atoms with Crippen LogP contribution in [0.5, 0.6) is 0 Å². The zero-order chi connectivity index (χ0) is 22.2. The van der Waals surface area contributed by atoms with Crippen molar-refractivity contribution < 1.29 is 26.7 Å². The molecule has 2 fully saturated rings. The fourth-order valence-corrected chi connectivity index (χ4v) is 4.52. The van der Waals surface area contributed by atoms with Crippen LogP contribution in [0.25, 0.3) is 11.1 Å². The van der Waals surface area contributed by atoms with Gasteiger partial charge in [0, 0.05) is 19.1 Å². The summed E-state index contributed by atoms with van der Waals surface area (Å²) in [6.07, 6.45) is -0.694. The van der Waals surface area contributed by atoms with Crippen molar-refractivity contribution in [2.75, 3.05) is 26.2 Å². The fourth-order valence-electron chi connectivity index (χ4n) is 4.52. The summed E-state index contributed by atoms with van der Waals surface area (Å²) in [5.41, 5.74) is -1.59. The lowest BCUT2D eigenvalue weighted by Gasteiger charge is -2.36. The van der Waals surface area contributed by atoms with Gasteiger partial charge in [0.05, 0.1) is 5.56 Å². The Bertz CT molecular complexity index is 938. The zero-order valence-corrected chi connectivity index (χ0v) is 16.9. The molecular weight excluding hydrogens is 415 g/mol. The summed E-state index contributed by atoms with van der Waals surface area (Å²) in [5.74, 6) is -2.86. The van der Waals surface area contributed by atoms with Gasteiger partial charge in [-0.15, -0.1) is 0 Å². The Morgan fingerprint density at radius 2 is 1.48 bits per heavy atom. The van der Waals surface area contributed by atoms with Crippen LogP contribution in [0.3, 0.4) is 0 Å². The van der Waals surface area contributed by atoms with Gasteiger partial charge in [-0.1, -0.05) is 12.1 Å². The highest BCUT2D eigenvalue weighted by Gasteiger charge is 2.32. The SMILES string of the molecule is O=C(c1c(F)cc(-c2cccc(C(F)(F)F)c2)cc1F)N1CCC(N2CCCC2)CC1. The summed E-state index contributed by atoms with van der Waals surface area (Å²) in [7, 11) is 0. The van der Waals surface area contributed by atoms with E-state index in [4.69, 9.17) is 0 Å². The van der Waals surface area contributed by atoms with E-state index in [0.717, 1.165) is 50.2 Å². The third-order valence-electron chi connectivity index (χ3n) is 6.19. The number of alkyl halides is 3. The highest BCUT2D eigenvalue weighted by Crippen LogP contribution is 2.33. The smallest absolute Gasteiger partial charge is 0.338 e. The predicted molar refractivity (Wildman–Crippen MR) is 107 cm³/mol. The van der Waals surface area contributed by atoms with E-state index in [1.54, 1.807) is 0 Å². The molecule has 2 heterocycles. The third-order valence-corrected chi connectivity index (χ3v) is 6.19. The van der Waals surface area contributed by atoms with Crippen molar-refractivity contribution in [2.45, 2.75) is 37.9 Å². The minimum atomic E-state index is -4.57. The maximum absolute atomic E-state index is 14.7. The molecule has 0 bridgehead atoms. The van der Waals surface area contributed by atoms with Crippen LogP contribution in [0.2, 0.25) is 0 Å². The third kappa shape index (κ3) is 4.59. The molecule has 3 nitrogen and oxygen atoms in total. The molecule has 0 atom stereocenters. The van der Waals surface area contributed by atoms with E-state index in [1.807, 2.05) is 0 Å². The Kier molecular flexibility index (Phi) is 6.01. The van der Waals surface area contributed by atoms with Gasteiger partial charge >= 0.3 is 6.18 Å². The van der Waals surface area contributed by atoms with Crippen molar-refractivity contribution in [3.63, 3.8) is 0 Å². The molecule has 2 aromatic rings. The van der Waals surface area contributed by atoms with Gasteiger partial charge in [-0.25, -0.2) is 8.78 Å². The van der Waals surface area contributed by atoms with E-state index < -0.39 is 34.8 Å². The number of carbonyl (C=O) groups excluding carboxylic acids is 1. The number of benzene rings is 2. The van der Waals surface area contributed by atoms with Gasteiger partial charge < -0.3 is 9.80 Å². The predicted octanol–water partition coefficient (Wildman–Crippen LogP) is 5.35. The number of likely N-dealkylation sites (tertiary alicyclic amines) is 2. The molecule has 166 valence electrons. The van der Waals surface area contributed by atoms with Crippen molar-refractivity contribution in [2.24, 2.45) is 0 Å². The first kappa shape index (κ1) is 21.7. The van der Waals surface area contributed by atoms with Gasteiger partial charge in [0.15, 0.2) is 0 Å². The fraction of sp³-hybridized carbons (Fsp3) is 0.435. The monoisotopic (exact) mass is 438 g/mol. The molecule has 1 amide bonds. The summed E-state index contributed by atoms with van der Waals surface area (Å²) in [5, 5.41) is 0. The van der Waals surface area contributed by atoms with Gasteiger partial charge in [0.1, 0.15) is 17.2 Å². The number of halogens is 5. The number of hydrogen-bond donors (Lipinski definition) is 0. The minimum absolute atomic E-state index is 0.0260. The van der Waals surface area contributed by atoms with Crippen molar-refractivity contribution in [1.82, 2.24) is 9.80 Å². The average molecular weight is 438 g/mol. The molecular formula is C23H23F5N2O. The minimum Gasteiger partial charge on any atom is -0.338 e. The summed E-state index contributed by atoms with van der Waals surface area (Å²) in [6.45, 7) is 2.96. The summed E-state index contributed by atoms with van der Waals surface area (Å²) in [4.78, 5) is 16.7. The van der Waals surface area contributed by atoms with E-state index in [-0.39, 0.29) is 11.1 Å². The number of hydrogen-bond acceptors (Lipinski definition) is 2. The topological polar surface area (TPSA) is 23.6 Å². The zero-order valence-electron chi connectivity index (χ0n) is 16.9. The molecule has 8 heteroatoms. The molecule has 2 aliphatic heterocycles. The van der Waals surface area contributed by atoms with Crippen molar-refractivity contribution >= 4 is 5.91 Å². The Labute approximate surface area is 177 Å². The number of rotatable bonds is 3. The molecule has 31 heavy (non-hydrogen) atoms. The van der Waals surface area contributed by atoms with Crippen molar-refractivity contribution in [3.8, 4) is 11.1 Å². The molecule has 4 rings (SSSR count). The van der Waals surface area contributed by atoms with Gasteiger partial charge in [-0.2, -0.15) is 13.2 Å². The molecule has 0 radical (unpaired) electrons. The van der Waals surface area contributed by atoms with Crippen LogP contribution < -0.4 is 0 Å². The summed E-state index contributed by atoms with van der Waals surface area (Å²) >= 11 is 0. The first-order valence-electron chi connectivity index (χ1n) is 10.4. The lowest BCUT2D eigenvalue weighted by molar-refractivity contribution is -0.137. The molecule has 2 aromatic carbocycles. The maximum Gasteiger partial charge on any atom is 0.416 e. The Balaban J connectivity index is 1.52. The van der Waals surface area contributed by atoms with E-state index in [1.165, 1.54) is 29.9 Å². The first-order chi connectivity index (χ1) is 14.7. The normalized spacial score (nSPS) is 18.5. The standard InChI is InChI=1S/C23H23F5N2O/c24-19-13-16(15-4-3-5-17(12-15)23(26,27)28)14-20(25)21(19)22(31)30-10-6-18(7-11-30)29-8-1-2-9-29/h3-5,12-14,18H,1-2,6-11H2. The van der Waals surface area contributed by atoms with Crippen molar-refractivity contribution in [1.29, 1.82) is 0 Å². The molecule has 0 saturated carbocycles. The average Bonchev–Trinajstić information content (AvgIpc) is 3.27. The molecule has 0 N–H and O–H groups in total. The van der Waals surface area contributed by atoms with Crippen molar-refractivity contribution in [3.05, 3.63) is 59.2 Å². The number of nitrogens with zero attached hydrogens (tertiary/aromatic N) is 2. The van der Waals surface area contributed by atoms with Crippen LogP contribution in [-0.2, 0) is 6.18 Å². The van der Waals surface area contributed by atoms with Crippen LogP contribution in [0.15, 0.2) is 36.4 Å². The molecule has 0 spiro atoms. The molecule has 0 aliphatic carbocycles. The van der Waals surface area contributed by atoms with Crippen LogP contribution >= 0.6 is 0 Å². The Hall–Kier alpha value is -2.48. The Morgan fingerprint density at radius 3 is 2.06 bits per heavy atom. The second-order valence-electron chi connectivity index (χ2n) is 8.16. The second kappa shape index (κ2) is 8.57. The lowest BCUT2D eigenvalue weighted by atomic mass is 9.99. The van der Waals surface area contributed by atoms with Gasteiger partial charge in [0.2, 0.25) is 0 Å². The van der Waals surface area contributed by atoms with E-state index in [9.17, 15) is 26.7 Å². The van der Waals surface area contributed by atoms with E-state index >= 15 is 0 Å². The number of piperidine rings is 1. The van der Waals surface area contributed by atoms with Gasteiger partial charge in [0.25, 0.3) is 5.91 Å². The molecule has 2 saturated heterocycles. The molecule has 0 unspecified atom stereocenters. The largest absolute Gasteiger partial charge is 0.416 e. The maximum atomic E-state index is 14.7. The number of carbonyl (C=O) groups is 1. The van der Waals surface area contributed by atoms with E-state index in [0.29, 0.717) is 19.1 Å². The highest BCUT2D eigenvalue weighted by molar-refractivity contribution is 5.95. The second-order valence-corrected chi connectivity index (χ2v) is 8.16. The van der Waals surface area contributed by atoms with Gasteiger partial charge in [-0.05, 0) is 74.2 Å². The molecule has 2 aliphatic rings. The van der Waals surface area contributed by atoms with Gasteiger partial charge in [-0.3, -0.25) is 4.79 Å². The summed E-state index contributed by atoms with van der Waals surface area (Å²) < 4.78 is 68.3. The van der Waals surface area contributed by atoms with Crippen LogP contribution in [0.1, 0.15) is 41.6 Å². The first-order valence-corrected chi connectivity index (χ1v) is 10.4. The van der Waals surface area contributed by atoms with Crippen LogP contribution in [-0.4, -0.2) is 47.9 Å². The Morgan fingerprint density at radius 1 is 0.871 bits per heavy atom. The lowest BCUT2D eigenvalue weighted by Crippen LogP contribution is -2.46. The van der Waals surface area contributed by atoms with E-state index in [2.05, 4.69) is 4.90 Å². The molecule has 0 aromatic heterocycles. The summed E-state index contributed by atoms with van der Waals surface area (Å²) in [6, 6.07) is 6.47.